The van der Waals surface area contributed by atoms with Crippen LogP contribution in [0.25, 0.3) is 0 Å². The van der Waals surface area contributed by atoms with Crippen LogP contribution in [-0.2, 0) is 21.8 Å². The average molecular weight is 656 g/mol. The predicted molar refractivity (Wildman–Crippen MR) is 127 cm³/mol. The van der Waals surface area contributed by atoms with E-state index in [1.807, 2.05) is 0 Å². The molecule has 8 heteroatoms. The summed E-state index contributed by atoms with van der Waals surface area (Å²) in [7, 11) is 1.72. The summed E-state index contributed by atoms with van der Waals surface area (Å²) in [6.45, 7) is 9.65. The van der Waals surface area contributed by atoms with Crippen LogP contribution in [0.2, 0.25) is 17.7 Å². The molecule has 182 valence electrons. The molecule has 0 N–H and O–H groups in total. The second-order valence-corrected chi connectivity index (χ2v) is 28.5. The Labute approximate surface area is 200 Å². The number of hydrogen-bond acceptors (Lipinski definition) is 6. The Morgan fingerprint density at radius 2 is 1.16 bits per heavy atom. The summed E-state index contributed by atoms with van der Waals surface area (Å²) in [5.74, 6) is 0. The van der Waals surface area contributed by atoms with Crippen molar-refractivity contribution >= 4 is 38.4 Å². The summed E-state index contributed by atoms with van der Waals surface area (Å²) in [5, 5.41) is 0. The maximum atomic E-state index is 7.04. The second kappa shape index (κ2) is 12.9. The van der Waals surface area contributed by atoms with E-state index in [4.69, 9.17) is 21.8 Å². The number of methoxy groups -OCH3 is 1. The Balaban J connectivity index is 1.82. The molecule has 3 aliphatic rings. The molecule has 5 atom stereocenters. The van der Waals surface area contributed by atoms with Crippen molar-refractivity contribution in [3.63, 3.8) is 0 Å². The van der Waals surface area contributed by atoms with Crippen LogP contribution < -0.4 is 0 Å². The first-order valence-corrected chi connectivity index (χ1v) is 25.6. The minimum atomic E-state index is -3.19. The van der Waals surface area contributed by atoms with Crippen molar-refractivity contribution in [2.75, 3.05) is 13.7 Å². The second-order valence-electron chi connectivity index (χ2n) is 9.57. The molecule has 3 heterocycles. The zero-order valence-electron chi connectivity index (χ0n) is 20.5. The minimum absolute atomic E-state index is 0.0449. The fourth-order valence-electron chi connectivity index (χ4n) is 5.18. The van der Waals surface area contributed by atoms with Gasteiger partial charge >= 0.3 is 201 Å². The summed E-state index contributed by atoms with van der Waals surface area (Å²) < 4.78 is 44.2. The molecule has 0 aromatic carbocycles. The van der Waals surface area contributed by atoms with Gasteiger partial charge in [0.1, 0.15) is 0 Å². The number of hydrogen-bond donors (Lipinski definition) is 0. The Hall–Kier alpha value is 1.36. The molecule has 0 aromatic heterocycles. The quantitative estimate of drug-likeness (QED) is 0.240. The number of rotatable bonds is 13. The monoisotopic (exact) mass is 658 g/mol. The summed E-state index contributed by atoms with van der Waals surface area (Å²) in [6, 6.07) is 0. The van der Waals surface area contributed by atoms with Gasteiger partial charge in [0.25, 0.3) is 0 Å². The van der Waals surface area contributed by atoms with Gasteiger partial charge in [0, 0.05) is 0 Å². The van der Waals surface area contributed by atoms with Gasteiger partial charge in [0.05, 0.1) is 0 Å². The molecule has 0 saturated carbocycles. The van der Waals surface area contributed by atoms with Crippen LogP contribution >= 0.6 is 0 Å². The van der Waals surface area contributed by atoms with E-state index in [1.54, 1.807) is 7.11 Å². The molecule has 0 bridgehead atoms. The Morgan fingerprint density at radius 1 is 0.677 bits per heavy atom. The summed E-state index contributed by atoms with van der Waals surface area (Å²) >= 11 is -6.33. The first-order valence-electron chi connectivity index (χ1n) is 12.9. The molecule has 3 saturated heterocycles. The van der Waals surface area contributed by atoms with Crippen molar-refractivity contribution < 1.29 is 21.8 Å². The van der Waals surface area contributed by atoms with Crippen LogP contribution in [0.1, 0.15) is 79.1 Å². The fourth-order valence-corrected chi connectivity index (χ4v) is 27.8. The molecule has 3 aliphatic heterocycles. The molecule has 0 aromatic rings. The van der Waals surface area contributed by atoms with Gasteiger partial charge in [0.15, 0.2) is 0 Å². The van der Waals surface area contributed by atoms with Gasteiger partial charge in [-0.1, -0.05) is 0 Å². The van der Waals surface area contributed by atoms with Crippen LogP contribution in [-0.4, -0.2) is 82.8 Å². The van der Waals surface area contributed by atoms with Gasteiger partial charge < -0.3 is 0 Å². The molecule has 0 unspecified atom stereocenters. The topological polar surface area (TPSA) is 55.4 Å². The Bertz CT molecular complexity index is 520. The van der Waals surface area contributed by atoms with E-state index in [2.05, 4.69) is 27.7 Å². The predicted octanol–water partition coefficient (Wildman–Crippen LogP) is 5.64. The first-order chi connectivity index (χ1) is 15.1. The van der Waals surface area contributed by atoms with Crippen molar-refractivity contribution in [3.05, 3.63) is 0 Å². The van der Waals surface area contributed by atoms with Gasteiger partial charge in [0.2, 0.25) is 0 Å². The van der Waals surface area contributed by atoms with Gasteiger partial charge in [-0.15, -0.1) is 0 Å². The van der Waals surface area contributed by atoms with Gasteiger partial charge in [-0.2, -0.15) is 0 Å². The zero-order valence-corrected chi connectivity index (χ0v) is 26.2. The summed E-state index contributed by atoms with van der Waals surface area (Å²) in [5.41, 5.74) is 0. The van der Waals surface area contributed by atoms with Crippen molar-refractivity contribution in [2.24, 2.45) is 0 Å². The van der Waals surface area contributed by atoms with Gasteiger partial charge in [-0.05, 0) is 0 Å². The van der Waals surface area contributed by atoms with E-state index in [9.17, 15) is 0 Å². The molecule has 0 radical (unpaired) electrons. The van der Waals surface area contributed by atoms with Crippen molar-refractivity contribution in [2.45, 2.75) is 128 Å². The number of ether oxygens (including phenoxy) is 2. The van der Waals surface area contributed by atoms with Crippen LogP contribution in [0.15, 0.2) is 0 Å². The Kier molecular flexibility index (Phi) is 11.2. The van der Waals surface area contributed by atoms with Crippen LogP contribution in [0.4, 0.5) is 0 Å². The van der Waals surface area contributed by atoms with Crippen LogP contribution in [0.5, 0.6) is 0 Å². The molecule has 3 fully saturated rings. The van der Waals surface area contributed by atoms with Crippen molar-refractivity contribution in [3.8, 4) is 0 Å². The summed E-state index contributed by atoms with van der Waals surface area (Å²) in [4.78, 5) is 0. The third-order valence-electron chi connectivity index (χ3n) is 7.03. The molecule has 0 amide bonds. The molecule has 0 spiro atoms. The SMILES string of the molecule is CCC[CH2][Sn]1([CH2]CCC)[O][C@@H]2[C@@H]([O]1)[C@@H](OC)O[C@@H]1C[O][Sn]([CH2]CCC)([CH2]CCC)[O][C@@H]21. The van der Waals surface area contributed by atoms with Crippen LogP contribution in [0.3, 0.4) is 0 Å². The third kappa shape index (κ3) is 6.52. The first kappa shape index (κ1) is 27.0. The average Bonchev–Trinajstić information content (AvgIpc) is 3.19. The molecular formula is C23H46O6Sn2. The normalized spacial score (nSPS) is 33.8. The van der Waals surface area contributed by atoms with Crippen molar-refractivity contribution in [1.29, 1.82) is 0 Å². The van der Waals surface area contributed by atoms with E-state index in [0.717, 1.165) is 17.7 Å². The van der Waals surface area contributed by atoms with Crippen LogP contribution in [0, 0.1) is 0 Å². The van der Waals surface area contributed by atoms with Gasteiger partial charge in [-0.25, -0.2) is 0 Å². The van der Waals surface area contributed by atoms with E-state index in [1.165, 1.54) is 51.4 Å². The fraction of sp³-hybridized carbons (Fsp3) is 1.00. The maximum absolute atomic E-state index is 7.04. The van der Waals surface area contributed by atoms with Gasteiger partial charge in [-0.3, -0.25) is 0 Å². The molecular weight excluding hydrogens is 610 g/mol. The molecule has 3 rings (SSSR count). The summed E-state index contributed by atoms with van der Waals surface area (Å²) in [6.07, 6.45) is 8.78. The molecule has 31 heavy (non-hydrogen) atoms. The molecule has 0 aliphatic carbocycles. The zero-order chi connectivity index (χ0) is 22.3. The standard InChI is InChI=1S/C7H10O6.4C4H9.2Sn/c1-12-7-6(11)5(10)4(9)3(2-8)13-7;4*1-3-4-2;;/h3-7H,2H2,1H3;4*1,3-4H2,2H3;;/q-4;;;;;2*+2/t3-,4-,5+,6-,7+;;;;;;/m1....../s1. The molecule has 6 nitrogen and oxygen atoms in total. The van der Waals surface area contributed by atoms with E-state index >= 15 is 0 Å². The third-order valence-corrected chi connectivity index (χ3v) is 27.8. The van der Waals surface area contributed by atoms with E-state index < -0.39 is 38.4 Å². The Morgan fingerprint density at radius 3 is 1.68 bits per heavy atom. The van der Waals surface area contributed by atoms with Crippen molar-refractivity contribution in [1.82, 2.24) is 0 Å². The van der Waals surface area contributed by atoms with E-state index in [0.29, 0.717) is 6.61 Å². The number of fused-ring (bicyclic) bond motifs is 3. The van der Waals surface area contributed by atoms with E-state index in [-0.39, 0.29) is 30.7 Å². The number of unbranched alkanes of at least 4 members (excludes halogenated alkanes) is 4.